The zero-order valence-electron chi connectivity index (χ0n) is 15.7. The van der Waals surface area contributed by atoms with Crippen LogP contribution in [-0.4, -0.2) is 34.4 Å². The van der Waals surface area contributed by atoms with Gasteiger partial charge in [0.2, 0.25) is 0 Å². The molecule has 144 valence electrons. The first kappa shape index (κ1) is 19.8. The van der Waals surface area contributed by atoms with Gasteiger partial charge in [0.15, 0.2) is 11.9 Å². The van der Waals surface area contributed by atoms with Gasteiger partial charge in [-0.2, -0.15) is 0 Å². The summed E-state index contributed by atoms with van der Waals surface area (Å²) in [7, 11) is 1.28. The lowest BCUT2D eigenvalue weighted by atomic mass is 9.62. The highest BCUT2D eigenvalue weighted by Gasteiger charge is 2.63. The van der Waals surface area contributed by atoms with Gasteiger partial charge in [-0.3, -0.25) is 10.1 Å². The van der Waals surface area contributed by atoms with Crippen molar-refractivity contribution in [2.45, 2.75) is 51.9 Å². The monoisotopic (exact) mass is 368 g/mol. The molecule has 0 radical (unpaired) electrons. The van der Waals surface area contributed by atoms with Crippen molar-refractivity contribution in [2.24, 2.45) is 11.1 Å². The Balaban J connectivity index is 2.82. The van der Waals surface area contributed by atoms with Crippen molar-refractivity contribution in [3.8, 4) is 11.5 Å². The maximum Gasteiger partial charge on any atom is 0.405 e. The molecule has 0 saturated heterocycles. The van der Waals surface area contributed by atoms with Crippen LogP contribution in [0.1, 0.15) is 46.3 Å². The summed E-state index contributed by atoms with van der Waals surface area (Å²) < 4.78 is 16.3. The van der Waals surface area contributed by atoms with Crippen LogP contribution < -0.4 is 15.2 Å². The van der Waals surface area contributed by atoms with Crippen LogP contribution in [0.25, 0.3) is 0 Å². The third-order valence-corrected chi connectivity index (χ3v) is 4.83. The maximum absolute atomic E-state index is 11.6. The number of nitro benzene ring substituents is 1. The third-order valence-electron chi connectivity index (χ3n) is 4.83. The van der Waals surface area contributed by atoms with Crippen LogP contribution in [0, 0.1) is 15.5 Å². The lowest BCUT2D eigenvalue weighted by Crippen LogP contribution is -2.67. The van der Waals surface area contributed by atoms with E-state index >= 15 is 0 Å². The Morgan fingerprint density at radius 2 is 1.96 bits per heavy atom. The molecule has 1 aromatic carbocycles. The quantitative estimate of drug-likeness (QED) is 0.618. The van der Waals surface area contributed by atoms with Crippen molar-refractivity contribution in [3.05, 3.63) is 27.8 Å². The van der Waals surface area contributed by atoms with Crippen molar-refractivity contribution in [1.82, 2.24) is 0 Å². The second-order valence-corrected chi connectivity index (χ2v) is 7.76. The molecule has 0 unspecified atom stereocenters. The fourth-order valence-electron chi connectivity index (χ4n) is 3.62. The summed E-state index contributed by atoms with van der Waals surface area (Å²) in [6.07, 6.45) is -2.30. The minimum Gasteiger partial charge on any atom is -0.490 e. The fourth-order valence-corrected chi connectivity index (χ4v) is 3.62. The van der Waals surface area contributed by atoms with Crippen molar-refractivity contribution in [2.75, 3.05) is 7.11 Å². The van der Waals surface area contributed by atoms with Gasteiger partial charge in [0, 0.05) is 5.56 Å². The summed E-state index contributed by atoms with van der Waals surface area (Å²) in [4.78, 5) is 22.2. The number of carbonyl (C=O) groups is 1. The minimum absolute atomic E-state index is 0.0496. The number of benzene rings is 1. The Morgan fingerprint density at radius 1 is 1.38 bits per heavy atom. The molecule has 1 heterocycles. The van der Waals surface area contributed by atoms with Crippen LogP contribution in [0.15, 0.2) is 12.1 Å². The molecule has 1 aliphatic rings. The van der Waals surface area contributed by atoms with Crippen LogP contribution in [0.5, 0.6) is 11.5 Å². The number of fused-ring (bicyclic) bond motifs is 1. The Labute approximate surface area is 151 Å². The summed E-state index contributed by atoms with van der Waals surface area (Å²) in [5, 5.41) is 22.9. The Kier molecular flexibility index (Phi) is 4.57. The molecule has 0 saturated carbocycles. The van der Waals surface area contributed by atoms with E-state index in [4.69, 9.17) is 19.9 Å². The molecule has 2 atom stereocenters. The van der Waals surface area contributed by atoms with Crippen LogP contribution in [-0.2, 0) is 4.74 Å². The largest absolute Gasteiger partial charge is 0.490 e. The Bertz CT molecular complexity index is 754. The SMILES string of the molecule is COc1cc2c(cc1[N+](=O)[O-])OC(C)(C)[C@@](O)(C(C)(C)C)[C@H]2OC(N)=O. The molecule has 2 rings (SSSR count). The smallest absolute Gasteiger partial charge is 0.405 e. The van der Waals surface area contributed by atoms with E-state index in [0.29, 0.717) is 0 Å². The molecule has 1 amide bonds. The number of nitrogens with zero attached hydrogens (tertiary/aromatic N) is 1. The number of hydrogen-bond acceptors (Lipinski definition) is 7. The van der Waals surface area contributed by atoms with Crippen LogP contribution in [0.2, 0.25) is 0 Å². The number of ether oxygens (including phenoxy) is 3. The molecule has 9 nitrogen and oxygen atoms in total. The number of primary amides is 1. The number of amides is 1. The zero-order chi connectivity index (χ0) is 20.1. The highest BCUT2D eigenvalue weighted by atomic mass is 16.6. The first-order valence-electron chi connectivity index (χ1n) is 8.00. The van der Waals surface area contributed by atoms with Crippen molar-refractivity contribution in [1.29, 1.82) is 0 Å². The molecule has 0 aromatic heterocycles. The first-order chi connectivity index (χ1) is 11.8. The van der Waals surface area contributed by atoms with Crippen molar-refractivity contribution >= 4 is 11.8 Å². The summed E-state index contributed by atoms with van der Waals surface area (Å²) in [6.45, 7) is 8.54. The van der Waals surface area contributed by atoms with Gasteiger partial charge in [-0.1, -0.05) is 20.8 Å². The number of rotatable bonds is 3. The number of hydrogen-bond donors (Lipinski definition) is 2. The number of methoxy groups -OCH3 is 1. The van der Waals surface area contributed by atoms with E-state index in [1.165, 1.54) is 19.2 Å². The lowest BCUT2D eigenvalue weighted by Gasteiger charge is -2.56. The summed E-state index contributed by atoms with van der Waals surface area (Å²) in [6, 6.07) is 2.52. The van der Waals surface area contributed by atoms with E-state index in [9.17, 15) is 20.0 Å². The Hall–Kier alpha value is -2.55. The summed E-state index contributed by atoms with van der Waals surface area (Å²) in [5.74, 6) is 0.0639. The number of aliphatic hydroxyl groups is 1. The van der Waals surface area contributed by atoms with E-state index in [0.717, 1.165) is 0 Å². The van der Waals surface area contributed by atoms with Gasteiger partial charge in [0.25, 0.3) is 0 Å². The molecule has 1 aromatic rings. The number of carbonyl (C=O) groups excluding carboxylic acids is 1. The molecule has 0 aliphatic carbocycles. The van der Waals surface area contributed by atoms with Crippen LogP contribution in [0.3, 0.4) is 0 Å². The fraction of sp³-hybridized carbons (Fsp3) is 0.588. The molecule has 0 bridgehead atoms. The van der Waals surface area contributed by atoms with Gasteiger partial charge in [0.05, 0.1) is 18.1 Å². The summed E-state index contributed by atoms with van der Waals surface area (Å²) in [5.41, 5.74) is 1.42. The zero-order valence-corrected chi connectivity index (χ0v) is 15.7. The van der Waals surface area contributed by atoms with Gasteiger partial charge >= 0.3 is 11.8 Å². The molecule has 0 fully saturated rings. The second-order valence-electron chi connectivity index (χ2n) is 7.76. The van der Waals surface area contributed by atoms with Crippen LogP contribution in [0.4, 0.5) is 10.5 Å². The Morgan fingerprint density at radius 3 is 2.38 bits per heavy atom. The van der Waals surface area contributed by atoms with E-state index < -0.39 is 33.7 Å². The molecule has 26 heavy (non-hydrogen) atoms. The van der Waals surface area contributed by atoms with E-state index in [-0.39, 0.29) is 22.7 Å². The second kappa shape index (κ2) is 6.01. The molecular weight excluding hydrogens is 344 g/mol. The van der Waals surface area contributed by atoms with Crippen molar-refractivity contribution < 1.29 is 29.0 Å². The molecule has 3 N–H and O–H groups in total. The average molecular weight is 368 g/mol. The first-order valence-corrected chi connectivity index (χ1v) is 8.00. The van der Waals surface area contributed by atoms with E-state index in [2.05, 4.69) is 0 Å². The average Bonchev–Trinajstić information content (AvgIpc) is 2.48. The topological polar surface area (TPSA) is 134 Å². The standard InChI is InChI=1S/C17H24N2O7/c1-15(2,3)17(21)13(25-14(18)20)9-7-12(24-6)10(19(22)23)8-11(9)26-16(17,4)5/h7-8,13,21H,1-6H3,(H2,18,20)/t13-,17-/m0/s1. The van der Waals surface area contributed by atoms with Gasteiger partial charge in [-0.15, -0.1) is 0 Å². The highest BCUT2D eigenvalue weighted by Crippen LogP contribution is 2.56. The van der Waals surface area contributed by atoms with Gasteiger partial charge in [0.1, 0.15) is 17.0 Å². The highest BCUT2D eigenvalue weighted by molar-refractivity contribution is 5.66. The van der Waals surface area contributed by atoms with Gasteiger partial charge < -0.3 is 25.1 Å². The number of nitrogens with two attached hydrogens (primary N) is 1. The van der Waals surface area contributed by atoms with Gasteiger partial charge in [-0.25, -0.2) is 4.79 Å². The molecule has 9 heteroatoms. The molecule has 0 spiro atoms. The number of nitro groups is 1. The third kappa shape index (κ3) is 2.82. The molecule has 1 aliphatic heterocycles. The lowest BCUT2D eigenvalue weighted by molar-refractivity contribution is -0.386. The van der Waals surface area contributed by atoms with Crippen LogP contribution >= 0.6 is 0 Å². The normalized spacial score (nSPS) is 24.2. The van der Waals surface area contributed by atoms with Gasteiger partial charge in [-0.05, 0) is 25.3 Å². The molecular formula is C17H24N2O7. The van der Waals surface area contributed by atoms with Crippen molar-refractivity contribution in [3.63, 3.8) is 0 Å². The maximum atomic E-state index is 11.6. The summed E-state index contributed by atoms with van der Waals surface area (Å²) >= 11 is 0. The van der Waals surface area contributed by atoms with E-state index in [1.807, 2.05) is 0 Å². The van der Waals surface area contributed by atoms with E-state index in [1.54, 1.807) is 34.6 Å². The predicted octanol–water partition coefficient (Wildman–Crippen LogP) is 2.69. The minimum atomic E-state index is -1.69. The predicted molar refractivity (Wildman–Crippen MR) is 92.2 cm³/mol.